The van der Waals surface area contributed by atoms with Crippen LogP contribution in [0.2, 0.25) is 0 Å². The molecule has 1 atom stereocenters. The van der Waals surface area contributed by atoms with E-state index in [1.165, 1.54) is 0 Å². The minimum absolute atomic E-state index is 0.0256. The van der Waals surface area contributed by atoms with Crippen molar-refractivity contribution in [3.8, 4) is 5.75 Å². The Kier molecular flexibility index (Phi) is 6.37. The van der Waals surface area contributed by atoms with Gasteiger partial charge in [-0.05, 0) is 55.0 Å². The first-order valence-electron chi connectivity index (χ1n) is 12.9. The number of likely N-dealkylation sites (tertiary alicyclic amines) is 1. The Morgan fingerprint density at radius 3 is 2.53 bits per heavy atom. The Balaban J connectivity index is 1.74. The summed E-state index contributed by atoms with van der Waals surface area (Å²) in [6, 6.07) is 11.0. The molecule has 0 bridgehead atoms. The molecule has 1 unspecified atom stereocenters. The number of para-hydroxylation sites is 1. The van der Waals surface area contributed by atoms with Crippen molar-refractivity contribution in [3.63, 3.8) is 0 Å². The quantitative estimate of drug-likeness (QED) is 0.250. The minimum Gasteiger partial charge on any atom is -0.507 e. The van der Waals surface area contributed by atoms with Crippen LogP contribution in [0.25, 0.3) is 16.7 Å². The van der Waals surface area contributed by atoms with Gasteiger partial charge in [0.05, 0.1) is 18.7 Å². The first kappa shape index (κ1) is 24.2. The van der Waals surface area contributed by atoms with Crippen LogP contribution in [0.3, 0.4) is 0 Å². The second kappa shape index (κ2) is 9.49. The van der Waals surface area contributed by atoms with Gasteiger partial charge in [-0.3, -0.25) is 9.59 Å². The summed E-state index contributed by atoms with van der Waals surface area (Å²) in [6.45, 7) is 6.01. The second-order valence-corrected chi connectivity index (χ2v) is 10.4. The highest BCUT2D eigenvalue weighted by molar-refractivity contribution is 6.46. The molecule has 1 aromatic heterocycles. The normalized spacial score (nSPS) is 20.6. The molecule has 1 saturated carbocycles. The van der Waals surface area contributed by atoms with E-state index in [0.717, 1.165) is 65.4 Å². The molecule has 188 valence electrons. The van der Waals surface area contributed by atoms with Crippen molar-refractivity contribution in [1.29, 1.82) is 0 Å². The van der Waals surface area contributed by atoms with Crippen LogP contribution in [-0.2, 0) is 9.59 Å². The number of benzene rings is 2. The number of aryl methyl sites for hydroxylation is 1. The van der Waals surface area contributed by atoms with Crippen LogP contribution in [0.15, 0.2) is 48.2 Å². The number of hydrogen-bond donors (Lipinski definition) is 2. The fourth-order valence-electron chi connectivity index (χ4n) is 5.94. The summed E-state index contributed by atoms with van der Waals surface area (Å²) in [5, 5.41) is 12.7. The monoisotopic (exact) mass is 486 g/mol. The molecule has 36 heavy (non-hydrogen) atoms. The number of Topliss-reactive ketones (excluding diaryl/α,β-unsaturated/α-hetero) is 1. The van der Waals surface area contributed by atoms with E-state index < -0.39 is 17.7 Å². The molecule has 2 N–H and O–H groups in total. The number of aliphatic hydroxyl groups excluding tert-OH is 1. The maximum Gasteiger partial charge on any atom is 0.295 e. The predicted octanol–water partition coefficient (Wildman–Crippen LogP) is 6.36. The maximum absolute atomic E-state index is 13.6. The standard InChI is InChI=1S/C30H34N2O4/c1-17(2)21-15-22(18(3)14-25(21)36-4)28(33)26-27(23-16-31-24-13-9-8-12-20(23)24)32(30(35)29(26)34)19-10-6-5-7-11-19/h8-9,12-17,19,27,31,33H,5-7,10-11H2,1-4H3/b28-26+. The van der Waals surface area contributed by atoms with Gasteiger partial charge < -0.3 is 19.7 Å². The Bertz CT molecular complexity index is 1360. The van der Waals surface area contributed by atoms with Gasteiger partial charge in [0.1, 0.15) is 11.5 Å². The number of nitrogens with one attached hydrogen (secondary N) is 1. The zero-order chi connectivity index (χ0) is 25.6. The van der Waals surface area contributed by atoms with Crippen molar-refractivity contribution in [2.45, 2.75) is 70.9 Å². The number of ketones is 1. The number of carbonyl (C=O) groups excluding carboxylic acids is 2. The number of aromatic nitrogens is 1. The topological polar surface area (TPSA) is 82.6 Å². The van der Waals surface area contributed by atoms with E-state index in [9.17, 15) is 14.7 Å². The molecule has 0 spiro atoms. The molecular formula is C30H34N2O4. The van der Waals surface area contributed by atoms with Crippen LogP contribution >= 0.6 is 0 Å². The highest BCUT2D eigenvalue weighted by Gasteiger charge is 2.49. The average Bonchev–Trinajstić information content (AvgIpc) is 3.42. The Morgan fingerprint density at radius 2 is 1.83 bits per heavy atom. The molecule has 1 amide bonds. The number of ether oxygens (including phenoxy) is 1. The lowest BCUT2D eigenvalue weighted by atomic mass is 9.89. The summed E-state index contributed by atoms with van der Waals surface area (Å²) in [4.78, 5) is 32.2. The van der Waals surface area contributed by atoms with E-state index in [1.807, 2.05) is 49.5 Å². The van der Waals surface area contributed by atoms with Gasteiger partial charge >= 0.3 is 0 Å². The van der Waals surface area contributed by atoms with Crippen molar-refractivity contribution >= 4 is 28.4 Å². The van der Waals surface area contributed by atoms with Crippen molar-refractivity contribution in [2.24, 2.45) is 0 Å². The first-order chi connectivity index (χ1) is 17.3. The molecule has 1 aliphatic heterocycles. The summed E-state index contributed by atoms with van der Waals surface area (Å²) >= 11 is 0. The van der Waals surface area contributed by atoms with Gasteiger partial charge in [0.25, 0.3) is 11.7 Å². The molecule has 3 aromatic rings. The number of hydrogen-bond acceptors (Lipinski definition) is 4. The van der Waals surface area contributed by atoms with E-state index in [4.69, 9.17) is 4.74 Å². The Labute approximate surface area is 212 Å². The molecule has 1 saturated heterocycles. The summed E-state index contributed by atoms with van der Waals surface area (Å²) in [5.74, 6) is -0.358. The Morgan fingerprint density at radius 1 is 1.11 bits per heavy atom. The van der Waals surface area contributed by atoms with E-state index >= 15 is 0 Å². The highest BCUT2D eigenvalue weighted by Crippen LogP contribution is 2.45. The molecule has 1 aliphatic carbocycles. The van der Waals surface area contributed by atoms with E-state index in [0.29, 0.717) is 5.56 Å². The fourth-order valence-corrected chi connectivity index (χ4v) is 5.94. The van der Waals surface area contributed by atoms with Gasteiger partial charge in [-0.15, -0.1) is 0 Å². The molecule has 2 aliphatic rings. The van der Waals surface area contributed by atoms with Crippen LogP contribution < -0.4 is 4.74 Å². The molecule has 2 fully saturated rings. The lowest BCUT2D eigenvalue weighted by Crippen LogP contribution is -2.40. The molecule has 2 aromatic carbocycles. The van der Waals surface area contributed by atoms with Gasteiger partial charge in [-0.25, -0.2) is 0 Å². The SMILES string of the molecule is COc1cc(C)c(/C(O)=C2\C(=O)C(=O)N(C3CCCCC3)C2c2c[nH]c3ccccc23)cc1C(C)C. The van der Waals surface area contributed by atoms with Gasteiger partial charge in [-0.2, -0.15) is 0 Å². The molecule has 0 radical (unpaired) electrons. The predicted molar refractivity (Wildman–Crippen MR) is 141 cm³/mol. The van der Waals surface area contributed by atoms with Crippen molar-refractivity contribution in [1.82, 2.24) is 9.88 Å². The zero-order valence-corrected chi connectivity index (χ0v) is 21.4. The largest absolute Gasteiger partial charge is 0.507 e. The third kappa shape index (κ3) is 3.89. The number of aromatic amines is 1. The van der Waals surface area contributed by atoms with Crippen LogP contribution in [0.4, 0.5) is 0 Å². The third-order valence-corrected chi connectivity index (χ3v) is 7.82. The van der Waals surface area contributed by atoms with E-state index in [-0.39, 0.29) is 23.3 Å². The minimum atomic E-state index is -0.645. The van der Waals surface area contributed by atoms with Crippen molar-refractivity contribution in [2.75, 3.05) is 7.11 Å². The molecule has 6 nitrogen and oxygen atoms in total. The van der Waals surface area contributed by atoms with Crippen molar-refractivity contribution in [3.05, 3.63) is 70.4 Å². The average molecular weight is 487 g/mol. The molecule has 5 rings (SSSR count). The zero-order valence-electron chi connectivity index (χ0n) is 21.4. The number of amides is 1. The summed E-state index contributed by atoms with van der Waals surface area (Å²) in [7, 11) is 1.63. The summed E-state index contributed by atoms with van der Waals surface area (Å²) in [6.07, 6.45) is 6.81. The number of nitrogens with zero attached hydrogens (tertiary/aromatic N) is 1. The smallest absolute Gasteiger partial charge is 0.295 e. The van der Waals surface area contributed by atoms with Gasteiger partial charge in [-0.1, -0.05) is 51.3 Å². The third-order valence-electron chi connectivity index (χ3n) is 7.82. The maximum atomic E-state index is 13.6. The molecule has 6 heteroatoms. The first-order valence-corrected chi connectivity index (χ1v) is 12.9. The van der Waals surface area contributed by atoms with E-state index in [1.54, 1.807) is 12.0 Å². The second-order valence-electron chi connectivity index (χ2n) is 10.4. The number of fused-ring (bicyclic) bond motifs is 1. The van der Waals surface area contributed by atoms with Crippen LogP contribution in [-0.4, -0.2) is 39.8 Å². The summed E-state index contributed by atoms with van der Waals surface area (Å²) < 4.78 is 5.58. The van der Waals surface area contributed by atoms with Crippen LogP contribution in [0, 0.1) is 6.92 Å². The lowest BCUT2D eigenvalue weighted by molar-refractivity contribution is -0.141. The summed E-state index contributed by atoms with van der Waals surface area (Å²) in [5.41, 5.74) is 4.23. The number of carbonyl (C=O) groups is 2. The lowest BCUT2D eigenvalue weighted by Gasteiger charge is -2.35. The van der Waals surface area contributed by atoms with Gasteiger partial charge in [0, 0.05) is 34.3 Å². The number of aliphatic hydroxyl groups is 1. The highest BCUT2D eigenvalue weighted by atomic mass is 16.5. The Hall–Kier alpha value is -3.54. The van der Waals surface area contributed by atoms with E-state index in [2.05, 4.69) is 18.8 Å². The van der Waals surface area contributed by atoms with Crippen LogP contribution in [0.5, 0.6) is 5.75 Å². The fraction of sp³-hybridized carbons (Fsp3) is 0.400. The van der Waals surface area contributed by atoms with Crippen molar-refractivity contribution < 1.29 is 19.4 Å². The van der Waals surface area contributed by atoms with Gasteiger partial charge in [0.15, 0.2) is 0 Å². The van der Waals surface area contributed by atoms with Crippen LogP contribution in [0.1, 0.15) is 80.2 Å². The number of H-pyrrole nitrogens is 1. The number of methoxy groups -OCH3 is 1. The van der Waals surface area contributed by atoms with Gasteiger partial charge in [0.2, 0.25) is 0 Å². The number of rotatable bonds is 5. The molecular weight excluding hydrogens is 452 g/mol. The molecule has 2 heterocycles.